The fourth-order valence-corrected chi connectivity index (χ4v) is 2.97. The molecule has 0 bridgehead atoms. The summed E-state index contributed by atoms with van der Waals surface area (Å²) < 4.78 is 5.59. The summed E-state index contributed by atoms with van der Waals surface area (Å²) in [5, 5.41) is 0. The lowest BCUT2D eigenvalue weighted by atomic mass is 9.95. The molecule has 0 spiro atoms. The van der Waals surface area contributed by atoms with Crippen LogP contribution in [0.2, 0.25) is 0 Å². The molecule has 0 aromatic carbocycles. The standard InChI is InChI=1S/C16H27N3O/c1-11-5-6-19(10-15(11)20-4)16-12(2)7-14(9-18-16)8-13(3)17/h7,9,11,13,15H,5-6,8,10,17H2,1-4H3. The van der Waals surface area contributed by atoms with Gasteiger partial charge in [-0.3, -0.25) is 0 Å². The van der Waals surface area contributed by atoms with E-state index >= 15 is 0 Å². The largest absolute Gasteiger partial charge is 0.379 e. The van der Waals surface area contributed by atoms with Crippen LogP contribution < -0.4 is 10.6 Å². The lowest BCUT2D eigenvalue weighted by molar-refractivity contribution is 0.0496. The first-order chi connectivity index (χ1) is 9.51. The first-order valence-electron chi connectivity index (χ1n) is 7.50. The summed E-state index contributed by atoms with van der Waals surface area (Å²) in [5.74, 6) is 1.71. The molecule has 2 rings (SSSR count). The minimum atomic E-state index is 0.177. The summed E-state index contributed by atoms with van der Waals surface area (Å²) >= 11 is 0. The van der Waals surface area contributed by atoms with Crippen LogP contribution in [0.25, 0.3) is 0 Å². The van der Waals surface area contributed by atoms with Crippen LogP contribution in [0.15, 0.2) is 12.3 Å². The van der Waals surface area contributed by atoms with Gasteiger partial charge in [0.2, 0.25) is 0 Å². The van der Waals surface area contributed by atoms with E-state index in [9.17, 15) is 0 Å². The number of hydrogen-bond acceptors (Lipinski definition) is 4. The lowest BCUT2D eigenvalue weighted by Crippen LogP contribution is -2.44. The average molecular weight is 277 g/mol. The van der Waals surface area contributed by atoms with Crippen molar-refractivity contribution in [1.29, 1.82) is 0 Å². The number of ether oxygens (including phenoxy) is 1. The molecule has 2 N–H and O–H groups in total. The van der Waals surface area contributed by atoms with E-state index in [2.05, 4.69) is 29.8 Å². The van der Waals surface area contributed by atoms with Gasteiger partial charge >= 0.3 is 0 Å². The number of aryl methyl sites for hydroxylation is 1. The monoisotopic (exact) mass is 277 g/mol. The normalized spacial score (nSPS) is 24.8. The van der Waals surface area contributed by atoms with Gasteiger partial charge < -0.3 is 15.4 Å². The second-order valence-corrected chi connectivity index (χ2v) is 6.15. The van der Waals surface area contributed by atoms with E-state index in [1.54, 1.807) is 7.11 Å². The van der Waals surface area contributed by atoms with Crippen molar-refractivity contribution in [3.8, 4) is 0 Å². The van der Waals surface area contributed by atoms with E-state index < -0.39 is 0 Å². The number of hydrogen-bond donors (Lipinski definition) is 1. The number of pyridine rings is 1. The first-order valence-corrected chi connectivity index (χ1v) is 7.50. The molecule has 2 heterocycles. The maximum atomic E-state index is 5.85. The predicted molar refractivity (Wildman–Crippen MR) is 83.1 cm³/mol. The van der Waals surface area contributed by atoms with Crippen molar-refractivity contribution in [3.05, 3.63) is 23.4 Å². The molecule has 1 aromatic heterocycles. The van der Waals surface area contributed by atoms with Gasteiger partial charge in [-0.05, 0) is 43.7 Å². The molecule has 0 radical (unpaired) electrons. The number of rotatable bonds is 4. The third kappa shape index (κ3) is 3.49. The molecular formula is C16H27N3O. The Balaban J connectivity index is 2.12. The Labute approximate surface area is 122 Å². The first kappa shape index (κ1) is 15.3. The van der Waals surface area contributed by atoms with Gasteiger partial charge in [-0.2, -0.15) is 0 Å². The highest BCUT2D eigenvalue weighted by Gasteiger charge is 2.27. The third-order valence-electron chi connectivity index (χ3n) is 4.16. The highest BCUT2D eigenvalue weighted by molar-refractivity contribution is 5.48. The molecule has 0 amide bonds. The van der Waals surface area contributed by atoms with E-state index in [0.29, 0.717) is 12.0 Å². The summed E-state index contributed by atoms with van der Waals surface area (Å²) in [5.41, 5.74) is 8.30. The van der Waals surface area contributed by atoms with Crippen LogP contribution in [0.4, 0.5) is 5.82 Å². The Kier molecular flexibility index (Phi) is 5.00. The maximum absolute atomic E-state index is 5.85. The fraction of sp³-hybridized carbons (Fsp3) is 0.688. The number of piperidine rings is 1. The Morgan fingerprint density at radius 2 is 2.30 bits per heavy atom. The molecule has 4 heteroatoms. The van der Waals surface area contributed by atoms with Gasteiger partial charge in [0.25, 0.3) is 0 Å². The Hall–Kier alpha value is -1.13. The molecule has 3 unspecified atom stereocenters. The van der Waals surface area contributed by atoms with Crippen LogP contribution in [0, 0.1) is 12.8 Å². The van der Waals surface area contributed by atoms with Crippen molar-refractivity contribution >= 4 is 5.82 Å². The van der Waals surface area contributed by atoms with Gasteiger partial charge in [-0.1, -0.05) is 13.0 Å². The van der Waals surface area contributed by atoms with E-state index in [-0.39, 0.29) is 6.04 Å². The molecule has 1 aliphatic rings. The van der Waals surface area contributed by atoms with Crippen LogP contribution in [0.3, 0.4) is 0 Å². The van der Waals surface area contributed by atoms with E-state index in [4.69, 9.17) is 10.5 Å². The zero-order chi connectivity index (χ0) is 14.7. The number of methoxy groups -OCH3 is 1. The minimum absolute atomic E-state index is 0.177. The van der Waals surface area contributed by atoms with Crippen molar-refractivity contribution in [2.45, 2.75) is 45.8 Å². The van der Waals surface area contributed by atoms with Gasteiger partial charge in [0.1, 0.15) is 5.82 Å². The second kappa shape index (κ2) is 6.55. The molecular weight excluding hydrogens is 250 g/mol. The van der Waals surface area contributed by atoms with Crippen LogP contribution in [-0.2, 0) is 11.2 Å². The van der Waals surface area contributed by atoms with Gasteiger partial charge in [0.05, 0.1) is 6.10 Å². The van der Waals surface area contributed by atoms with Crippen LogP contribution in [0.1, 0.15) is 31.4 Å². The third-order valence-corrected chi connectivity index (χ3v) is 4.16. The molecule has 20 heavy (non-hydrogen) atoms. The maximum Gasteiger partial charge on any atom is 0.131 e. The van der Waals surface area contributed by atoms with Gasteiger partial charge in [-0.15, -0.1) is 0 Å². The molecule has 1 aromatic rings. The second-order valence-electron chi connectivity index (χ2n) is 6.15. The molecule has 1 saturated heterocycles. The SMILES string of the molecule is COC1CN(c2ncc(CC(C)N)cc2C)CCC1C. The molecule has 4 nitrogen and oxygen atoms in total. The quantitative estimate of drug-likeness (QED) is 0.916. The number of anilines is 1. The summed E-state index contributed by atoms with van der Waals surface area (Å²) in [4.78, 5) is 7.01. The fourth-order valence-electron chi connectivity index (χ4n) is 2.97. The number of nitrogens with zero attached hydrogens (tertiary/aromatic N) is 2. The lowest BCUT2D eigenvalue weighted by Gasteiger charge is -2.37. The zero-order valence-electron chi connectivity index (χ0n) is 13.1. The van der Waals surface area contributed by atoms with E-state index in [1.807, 2.05) is 13.1 Å². The molecule has 3 atom stereocenters. The smallest absolute Gasteiger partial charge is 0.131 e. The Bertz CT molecular complexity index is 447. The van der Waals surface area contributed by atoms with E-state index in [1.165, 1.54) is 11.1 Å². The summed E-state index contributed by atoms with van der Waals surface area (Å²) in [6.07, 6.45) is 4.30. The molecule has 1 aliphatic heterocycles. The molecule has 112 valence electrons. The summed E-state index contributed by atoms with van der Waals surface area (Å²) in [6.45, 7) is 8.41. The Morgan fingerprint density at radius 1 is 1.55 bits per heavy atom. The number of nitrogens with two attached hydrogens (primary N) is 1. The highest BCUT2D eigenvalue weighted by atomic mass is 16.5. The van der Waals surface area contributed by atoms with Crippen molar-refractivity contribution in [1.82, 2.24) is 4.98 Å². The summed E-state index contributed by atoms with van der Waals surface area (Å²) in [7, 11) is 1.80. The van der Waals surface area contributed by atoms with Crippen molar-refractivity contribution in [3.63, 3.8) is 0 Å². The predicted octanol–water partition coefficient (Wildman–Crippen LogP) is 2.14. The van der Waals surface area contributed by atoms with Crippen LogP contribution in [0.5, 0.6) is 0 Å². The van der Waals surface area contributed by atoms with Crippen molar-refractivity contribution in [2.75, 3.05) is 25.1 Å². The summed E-state index contributed by atoms with van der Waals surface area (Å²) in [6, 6.07) is 2.39. The van der Waals surface area contributed by atoms with Gasteiger partial charge in [0.15, 0.2) is 0 Å². The zero-order valence-corrected chi connectivity index (χ0v) is 13.1. The molecule has 0 aliphatic carbocycles. The van der Waals surface area contributed by atoms with Crippen molar-refractivity contribution in [2.24, 2.45) is 11.7 Å². The van der Waals surface area contributed by atoms with Crippen LogP contribution >= 0.6 is 0 Å². The molecule has 1 fully saturated rings. The topological polar surface area (TPSA) is 51.4 Å². The van der Waals surface area contributed by atoms with Gasteiger partial charge in [0, 0.05) is 32.4 Å². The molecule has 0 saturated carbocycles. The minimum Gasteiger partial charge on any atom is -0.379 e. The highest BCUT2D eigenvalue weighted by Crippen LogP contribution is 2.26. The van der Waals surface area contributed by atoms with E-state index in [0.717, 1.165) is 31.7 Å². The Morgan fingerprint density at radius 3 is 2.90 bits per heavy atom. The average Bonchev–Trinajstić information content (AvgIpc) is 2.39. The van der Waals surface area contributed by atoms with Gasteiger partial charge in [-0.25, -0.2) is 4.98 Å². The number of aromatic nitrogens is 1. The van der Waals surface area contributed by atoms with Crippen LogP contribution in [-0.4, -0.2) is 37.3 Å². The van der Waals surface area contributed by atoms with Crippen molar-refractivity contribution < 1.29 is 4.74 Å².